The lowest BCUT2D eigenvalue weighted by Gasteiger charge is -2.32. The molecule has 2 N–H and O–H groups in total. The Balaban J connectivity index is 2.53. The molecule has 1 fully saturated rings. The summed E-state index contributed by atoms with van der Waals surface area (Å²) in [5.41, 5.74) is 5.74. The van der Waals surface area contributed by atoms with Crippen molar-refractivity contribution in [3.63, 3.8) is 0 Å². The van der Waals surface area contributed by atoms with Gasteiger partial charge in [0.25, 0.3) is 0 Å². The summed E-state index contributed by atoms with van der Waals surface area (Å²) in [6, 6.07) is 1.38. The van der Waals surface area contributed by atoms with Crippen molar-refractivity contribution >= 4 is 0 Å². The van der Waals surface area contributed by atoms with Gasteiger partial charge in [-0.3, -0.25) is 4.90 Å². The zero-order valence-electron chi connectivity index (χ0n) is 9.46. The van der Waals surface area contributed by atoms with Crippen molar-refractivity contribution in [1.82, 2.24) is 4.90 Å². The highest BCUT2D eigenvalue weighted by molar-refractivity contribution is 4.87. The highest BCUT2D eigenvalue weighted by Gasteiger charge is 2.33. The van der Waals surface area contributed by atoms with Crippen LogP contribution < -0.4 is 5.73 Å². The van der Waals surface area contributed by atoms with Crippen LogP contribution in [0.15, 0.2) is 0 Å². The Hall–Kier alpha value is -0.0800. The molecule has 0 bridgehead atoms. The van der Waals surface area contributed by atoms with Crippen LogP contribution in [0, 0.1) is 11.8 Å². The minimum absolute atomic E-state index is 0.683. The van der Waals surface area contributed by atoms with Gasteiger partial charge in [0, 0.05) is 12.1 Å². The fraction of sp³-hybridized carbons (Fsp3) is 1.00. The summed E-state index contributed by atoms with van der Waals surface area (Å²) in [6.07, 6.45) is 1.29. The Morgan fingerprint density at radius 2 is 2.00 bits per heavy atom. The van der Waals surface area contributed by atoms with Crippen LogP contribution in [0.1, 0.15) is 34.1 Å². The maximum atomic E-state index is 5.74. The van der Waals surface area contributed by atoms with E-state index in [1.54, 1.807) is 0 Å². The summed E-state index contributed by atoms with van der Waals surface area (Å²) in [5, 5.41) is 0. The molecule has 0 aromatic carbocycles. The second-order valence-corrected chi connectivity index (χ2v) is 4.75. The zero-order chi connectivity index (χ0) is 10.0. The Kier molecular flexibility index (Phi) is 3.74. The van der Waals surface area contributed by atoms with Crippen LogP contribution in [0.4, 0.5) is 0 Å². The summed E-state index contributed by atoms with van der Waals surface area (Å²) >= 11 is 0. The van der Waals surface area contributed by atoms with E-state index in [1.807, 2.05) is 0 Å². The summed E-state index contributed by atoms with van der Waals surface area (Å²) in [7, 11) is 0. The molecular formula is C11H24N2. The Morgan fingerprint density at radius 3 is 2.38 bits per heavy atom. The molecule has 0 amide bonds. The molecule has 1 saturated heterocycles. The molecule has 3 unspecified atom stereocenters. The molecule has 13 heavy (non-hydrogen) atoms. The largest absolute Gasteiger partial charge is 0.330 e. The number of hydrogen-bond donors (Lipinski definition) is 1. The molecule has 2 heteroatoms. The number of hydrogen-bond acceptors (Lipinski definition) is 2. The van der Waals surface area contributed by atoms with Gasteiger partial charge >= 0.3 is 0 Å². The molecule has 3 atom stereocenters. The molecular weight excluding hydrogens is 160 g/mol. The molecule has 0 radical (unpaired) electrons. The fourth-order valence-electron chi connectivity index (χ4n) is 2.30. The van der Waals surface area contributed by atoms with Gasteiger partial charge in [-0.2, -0.15) is 0 Å². The van der Waals surface area contributed by atoms with Crippen LogP contribution in [0.2, 0.25) is 0 Å². The number of nitrogens with two attached hydrogens (primary N) is 1. The molecule has 1 heterocycles. The SMILES string of the molecule is CC(C)C(C)N1CCC(CN)C1C. The molecule has 0 spiro atoms. The van der Waals surface area contributed by atoms with Crippen LogP contribution in [-0.4, -0.2) is 30.1 Å². The lowest BCUT2D eigenvalue weighted by Crippen LogP contribution is -2.41. The van der Waals surface area contributed by atoms with Crippen LogP contribution in [-0.2, 0) is 0 Å². The van der Waals surface area contributed by atoms with E-state index in [2.05, 4.69) is 32.6 Å². The molecule has 1 aliphatic rings. The van der Waals surface area contributed by atoms with Crippen molar-refractivity contribution in [1.29, 1.82) is 0 Å². The Bertz CT molecular complexity index is 156. The second-order valence-electron chi connectivity index (χ2n) is 4.75. The first-order chi connectivity index (χ1) is 6.07. The van der Waals surface area contributed by atoms with Gasteiger partial charge in [-0.05, 0) is 45.2 Å². The Morgan fingerprint density at radius 1 is 1.38 bits per heavy atom. The van der Waals surface area contributed by atoms with E-state index in [0.29, 0.717) is 12.1 Å². The van der Waals surface area contributed by atoms with Gasteiger partial charge < -0.3 is 5.73 Å². The third-order valence-electron chi connectivity index (χ3n) is 3.75. The zero-order valence-corrected chi connectivity index (χ0v) is 9.46. The molecule has 1 aliphatic heterocycles. The molecule has 0 aromatic heterocycles. The van der Waals surface area contributed by atoms with Gasteiger partial charge in [0.1, 0.15) is 0 Å². The molecule has 0 saturated carbocycles. The summed E-state index contributed by atoms with van der Waals surface area (Å²) in [5.74, 6) is 1.47. The van der Waals surface area contributed by atoms with Crippen LogP contribution in [0.5, 0.6) is 0 Å². The number of nitrogens with zero attached hydrogens (tertiary/aromatic N) is 1. The minimum Gasteiger partial charge on any atom is -0.330 e. The van der Waals surface area contributed by atoms with Crippen molar-refractivity contribution in [2.24, 2.45) is 17.6 Å². The molecule has 78 valence electrons. The monoisotopic (exact) mass is 184 g/mol. The average Bonchev–Trinajstić information content (AvgIpc) is 2.45. The first-order valence-corrected chi connectivity index (χ1v) is 5.53. The van der Waals surface area contributed by atoms with Crippen LogP contribution >= 0.6 is 0 Å². The summed E-state index contributed by atoms with van der Waals surface area (Å²) in [4.78, 5) is 2.61. The molecule has 1 rings (SSSR count). The number of rotatable bonds is 3. The summed E-state index contributed by atoms with van der Waals surface area (Å²) < 4.78 is 0. The summed E-state index contributed by atoms with van der Waals surface area (Å²) in [6.45, 7) is 11.3. The van der Waals surface area contributed by atoms with E-state index in [4.69, 9.17) is 5.73 Å². The van der Waals surface area contributed by atoms with Gasteiger partial charge in [-0.1, -0.05) is 13.8 Å². The van der Waals surface area contributed by atoms with Crippen molar-refractivity contribution in [3.8, 4) is 0 Å². The number of likely N-dealkylation sites (tertiary alicyclic amines) is 1. The predicted octanol–water partition coefficient (Wildman–Crippen LogP) is 1.70. The van der Waals surface area contributed by atoms with E-state index in [1.165, 1.54) is 13.0 Å². The average molecular weight is 184 g/mol. The van der Waals surface area contributed by atoms with E-state index >= 15 is 0 Å². The highest BCUT2D eigenvalue weighted by Crippen LogP contribution is 2.27. The maximum Gasteiger partial charge on any atom is 0.0111 e. The van der Waals surface area contributed by atoms with E-state index in [-0.39, 0.29) is 0 Å². The van der Waals surface area contributed by atoms with E-state index in [0.717, 1.165) is 18.4 Å². The fourth-order valence-corrected chi connectivity index (χ4v) is 2.30. The highest BCUT2D eigenvalue weighted by atomic mass is 15.2. The minimum atomic E-state index is 0.683. The van der Waals surface area contributed by atoms with Crippen LogP contribution in [0.25, 0.3) is 0 Å². The lowest BCUT2D eigenvalue weighted by molar-refractivity contribution is 0.149. The first-order valence-electron chi connectivity index (χ1n) is 5.53. The first kappa shape index (κ1) is 11.0. The third-order valence-corrected chi connectivity index (χ3v) is 3.75. The van der Waals surface area contributed by atoms with Crippen molar-refractivity contribution in [2.75, 3.05) is 13.1 Å². The standard InChI is InChI=1S/C11H24N2/c1-8(2)9(3)13-6-5-11(7-12)10(13)4/h8-11H,5-7,12H2,1-4H3. The molecule has 0 aliphatic carbocycles. The third kappa shape index (κ3) is 2.23. The van der Waals surface area contributed by atoms with Gasteiger partial charge in [0.2, 0.25) is 0 Å². The maximum absolute atomic E-state index is 5.74. The van der Waals surface area contributed by atoms with Gasteiger partial charge in [0.05, 0.1) is 0 Å². The quantitative estimate of drug-likeness (QED) is 0.723. The molecule has 0 aromatic rings. The molecule has 2 nitrogen and oxygen atoms in total. The normalized spacial score (nSPS) is 32.8. The van der Waals surface area contributed by atoms with Gasteiger partial charge in [0.15, 0.2) is 0 Å². The lowest BCUT2D eigenvalue weighted by atomic mass is 10.00. The Labute approximate surface area is 82.5 Å². The van der Waals surface area contributed by atoms with Crippen molar-refractivity contribution < 1.29 is 0 Å². The van der Waals surface area contributed by atoms with Crippen LogP contribution in [0.3, 0.4) is 0 Å². The topological polar surface area (TPSA) is 29.3 Å². The van der Waals surface area contributed by atoms with Gasteiger partial charge in [-0.25, -0.2) is 0 Å². The van der Waals surface area contributed by atoms with Gasteiger partial charge in [-0.15, -0.1) is 0 Å². The van der Waals surface area contributed by atoms with E-state index < -0.39 is 0 Å². The predicted molar refractivity (Wildman–Crippen MR) is 57.6 cm³/mol. The van der Waals surface area contributed by atoms with Crippen molar-refractivity contribution in [3.05, 3.63) is 0 Å². The van der Waals surface area contributed by atoms with E-state index in [9.17, 15) is 0 Å². The van der Waals surface area contributed by atoms with Crippen molar-refractivity contribution in [2.45, 2.75) is 46.2 Å². The smallest absolute Gasteiger partial charge is 0.0111 e. The second kappa shape index (κ2) is 4.43.